The normalized spacial score (nSPS) is 13.0. The smallest absolute Gasteiger partial charge is 0.322 e. The van der Waals surface area contributed by atoms with E-state index in [0.717, 1.165) is 51.4 Å². The van der Waals surface area contributed by atoms with Crippen molar-refractivity contribution < 1.29 is 14.7 Å². The fraction of sp³-hybridized carbons (Fsp3) is 0.870. The molecule has 29 heavy (non-hydrogen) atoms. The van der Waals surface area contributed by atoms with Crippen LogP contribution >= 0.6 is 12.2 Å². The number of hydrogen-bond acceptors (Lipinski definition) is 4. The highest BCUT2D eigenvalue weighted by atomic mass is 32.1. The van der Waals surface area contributed by atoms with Gasteiger partial charge in [-0.2, -0.15) is 0 Å². The number of carbonyl (C=O) groups excluding carboxylic acids is 2. The second kappa shape index (κ2) is 16.8. The van der Waals surface area contributed by atoms with E-state index < -0.39 is 5.60 Å². The minimum atomic E-state index is -0.644. The minimum Gasteiger partial charge on any atom is -0.390 e. The predicted molar refractivity (Wildman–Crippen MR) is 125 cm³/mol. The average Bonchev–Trinajstić information content (AvgIpc) is 2.66. The Morgan fingerprint density at radius 3 is 2.17 bits per heavy atom. The number of aliphatic hydroxyl groups is 1. The molecule has 5 nitrogen and oxygen atoms in total. The summed E-state index contributed by atoms with van der Waals surface area (Å²) < 4.78 is 0. The van der Waals surface area contributed by atoms with Gasteiger partial charge in [-0.15, -0.1) is 0 Å². The van der Waals surface area contributed by atoms with E-state index in [2.05, 4.69) is 12.2 Å². The number of urea groups is 1. The zero-order valence-electron chi connectivity index (χ0n) is 19.2. The van der Waals surface area contributed by atoms with Gasteiger partial charge in [-0.05, 0) is 52.4 Å². The van der Waals surface area contributed by atoms with Crippen LogP contribution in [0, 0.1) is 0 Å². The molecule has 0 heterocycles. The second-order valence-corrected chi connectivity index (χ2v) is 9.04. The third kappa shape index (κ3) is 16.5. The van der Waals surface area contributed by atoms with Crippen molar-refractivity contribution in [2.24, 2.45) is 0 Å². The Labute approximate surface area is 184 Å². The summed E-state index contributed by atoms with van der Waals surface area (Å²) in [6, 6.07) is -0.155. The van der Waals surface area contributed by atoms with Gasteiger partial charge in [0.2, 0.25) is 0 Å². The van der Waals surface area contributed by atoms with E-state index in [0.29, 0.717) is 30.8 Å². The third-order valence-corrected chi connectivity index (χ3v) is 5.81. The molecular formula is C23H44N2O3S. The number of carbonyl (C=O) groups is 2. The Morgan fingerprint density at radius 1 is 0.931 bits per heavy atom. The highest BCUT2D eigenvalue weighted by Crippen LogP contribution is 2.22. The van der Waals surface area contributed by atoms with Crippen LogP contribution in [0.2, 0.25) is 0 Å². The summed E-state index contributed by atoms with van der Waals surface area (Å²) in [6.45, 7) is 6.36. The van der Waals surface area contributed by atoms with Gasteiger partial charge >= 0.3 is 6.03 Å². The highest BCUT2D eigenvalue weighted by Gasteiger charge is 2.20. The number of nitrogens with zero attached hydrogens (tertiary/aromatic N) is 1. The quantitative estimate of drug-likeness (QED) is 0.228. The summed E-state index contributed by atoms with van der Waals surface area (Å²) in [6.07, 6.45) is 13.4. The molecule has 0 rings (SSSR count). The van der Waals surface area contributed by atoms with Crippen molar-refractivity contribution in [1.82, 2.24) is 10.2 Å². The predicted octanol–water partition coefficient (Wildman–Crippen LogP) is 5.78. The van der Waals surface area contributed by atoms with Crippen LogP contribution < -0.4 is 5.32 Å². The molecule has 2 N–H and O–H groups in total. The summed E-state index contributed by atoms with van der Waals surface area (Å²) in [5.74, 6) is 0.256. The number of thiocarbonyl (C=S) groups is 1. The van der Waals surface area contributed by atoms with Crippen molar-refractivity contribution in [1.29, 1.82) is 0 Å². The van der Waals surface area contributed by atoms with Gasteiger partial charge in [0.05, 0.1) is 10.6 Å². The van der Waals surface area contributed by atoms with Crippen LogP contribution in [-0.4, -0.2) is 46.0 Å². The van der Waals surface area contributed by atoms with Crippen LogP contribution in [0.5, 0.6) is 0 Å². The van der Waals surface area contributed by atoms with Crippen LogP contribution in [0.25, 0.3) is 0 Å². The first kappa shape index (κ1) is 28.0. The lowest BCUT2D eigenvalue weighted by molar-refractivity contribution is -0.117. The minimum absolute atomic E-state index is 0.155. The molecule has 0 aromatic heterocycles. The molecule has 2 amide bonds. The fourth-order valence-electron chi connectivity index (χ4n) is 3.30. The molecule has 0 saturated carbocycles. The summed E-state index contributed by atoms with van der Waals surface area (Å²) in [7, 11) is 1.71. The van der Waals surface area contributed by atoms with Crippen LogP contribution in [0.4, 0.5) is 4.79 Å². The van der Waals surface area contributed by atoms with E-state index in [4.69, 9.17) is 12.2 Å². The van der Waals surface area contributed by atoms with E-state index in [1.807, 2.05) is 6.92 Å². The second-order valence-electron chi connectivity index (χ2n) is 8.57. The summed E-state index contributed by atoms with van der Waals surface area (Å²) in [5.41, 5.74) is -0.644. The summed E-state index contributed by atoms with van der Waals surface area (Å²) >= 11 is 5.39. The van der Waals surface area contributed by atoms with Gasteiger partial charge in [-0.25, -0.2) is 4.79 Å². The summed E-state index contributed by atoms with van der Waals surface area (Å²) in [4.78, 5) is 25.2. The van der Waals surface area contributed by atoms with E-state index in [9.17, 15) is 14.7 Å². The number of ketones is 1. The lowest BCUT2D eigenvalue weighted by Crippen LogP contribution is -2.40. The molecule has 0 aliphatic carbocycles. The molecular weight excluding hydrogens is 384 g/mol. The molecule has 6 heteroatoms. The van der Waals surface area contributed by atoms with Crippen molar-refractivity contribution in [3.05, 3.63) is 0 Å². The maximum absolute atomic E-state index is 12.2. The average molecular weight is 429 g/mol. The SMILES string of the molecule is CCCCCCC(C)(O)CCCC(=S)N(C)C(=O)NCCCCCCCC(C)=O. The van der Waals surface area contributed by atoms with Gasteiger partial charge in [-0.1, -0.05) is 64.1 Å². The third-order valence-electron chi connectivity index (χ3n) is 5.34. The van der Waals surface area contributed by atoms with Gasteiger partial charge in [0.15, 0.2) is 0 Å². The Kier molecular flexibility index (Phi) is 16.2. The number of unbranched alkanes of at least 4 members (excludes halogenated alkanes) is 7. The van der Waals surface area contributed by atoms with E-state index in [-0.39, 0.29) is 11.8 Å². The first-order valence-electron chi connectivity index (χ1n) is 11.5. The Hall–Kier alpha value is -1.01. The van der Waals surface area contributed by atoms with Crippen LogP contribution in [0.1, 0.15) is 111 Å². The topological polar surface area (TPSA) is 69.6 Å². The van der Waals surface area contributed by atoms with Crippen LogP contribution in [0.3, 0.4) is 0 Å². The Morgan fingerprint density at radius 2 is 1.52 bits per heavy atom. The summed E-state index contributed by atoms with van der Waals surface area (Å²) in [5, 5.41) is 13.4. The van der Waals surface area contributed by atoms with Crippen molar-refractivity contribution >= 4 is 29.0 Å². The number of nitrogens with one attached hydrogen (secondary N) is 1. The molecule has 0 radical (unpaired) electrons. The molecule has 170 valence electrons. The molecule has 1 unspecified atom stereocenters. The molecule has 0 aliphatic heterocycles. The Bertz CT molecular complexity index is 481. The van der Waals surface area contributed by atoms with Crippen LogP contribution in [0.15, 0.2) is 0 Å². The lowest BCUT2D eigenvalue weighted by Gasteiger charge is -2.24. The monoisotopic (exact) mass is 428 g/mol. The van der Waals surface area contributed by atoms with Gasteiger partial charge in [0.25, 0.3) is 0 Å². The maximum Gasteiger partial charge on any atom is 0.322 e. The number of rotatable bonds is 17. The van der Waals surface area contributed by atoms with E-state index in [1.54, 1.807) is 14.0 Å². The first-order valence-corrected chi connectivity index (χ1v) is 11.9. The molecule has 0 aromatic carbocycles. The Balaban J connectivity index is 3.85. The number of amides is 2. The molecule has 0 spiro atoms. The fourth-order valence-corrected chi connectivity index (χ4v) is 3.53. The molecule has 1 atom stereocenters. The van der Waals surface area contributed by atoms with Gasteiger partial charge in [-0.3, -0.25) is 4.90 Å². The molecule has 0 bridgehead atoms. The lowest BCUT2D eigenvalue weighted by atomic mass is 9.92. The molecule has 0 fully saturated rings. The van der Waals surface area contributed by atoms with E-state index in [1.165, 1.54) is 24.2 Å². The van der Waals surface area contributed by atoms with Crippen molar-refractivity contribution in [3.8, 4) is 0 Å². The number of Topliss-reactive ketones (excluding diaryl/α,β-unsaturated/α-hetero) is 1. The molecule has 0 aliphatic rings. The van der Waals surface area contributed by atoms with Crippen LogP contribution in [-0.2, 0) is 4.79 Å². The van der Waals surface area contributed by atoms with Crippen molar-refractivity contribution in [2.75, 3.05) is 13.6 Å². The van der Waals surface area contributed by atoms with E-state index >= 15 is 0 Å². The van der Waals surface area contributed by atoms with Gasteiger partial charge < -0.3 is 15.2 Å². The molecule has 0 aromatic rings. The van der Waals surface area contributed by atoms with Gasteiger partial charge in [0, 0.05) is 20.0 Å². The van der Waals surface area contributed by atoms with Gasteiger partial charge in [0.1, 0.15) is 5.78 Å². The standard InChI is InChI=1S/C23H44N2O3S/c1-5-6-7-12-17-23(3,28)18-14-16-21(29)25(4)22(27)24-19-13-10-8-9-11-15-20(2)26/h28H,5-19H2,1-4H3,(H,24,27). The zero-order valence-corrected chi connectivity index (χ0v) is 20.0. The number of hydrogen-bond donors (Lipinski definition) is 2. The zero-order chi connectivity index (χ0) is 22.1. The molecule has 0 saturated heterocycles. The maximum atomic E-state index is 12.2. The van der Waals surface area contributed by atoms with Crippen molar-refractivity contribution in [2.45, 2.75) is 116 Å². The van der Waals surface area contributed by atoms with Crippen molar-refractivity contribution in [3.63, 3.8) is 0 Å². The largest absolute Gasteiger partial charge is 0.390 e. The first-order chi connectivity index (χ1) is 13.7. The highest BCUT2D eigenvalue weighted by molar-refractivity contribution is 7.80.